The van der Waals surface area contributed by atoms with Gasteiger partial charge in [-0.2, -0.15) is 0 Å². The second-order valence-corrected chi connectivity index (χ2v) is 9.31. The molecular weight excluding hydrogens is 470 g/mol. The van der Waals surface area contributed by atoms with E-state index in [1.54, 1.807) is 46.3 Å². The van der Waals surface area contributed by atoms with Crippen LogP contribution in [-0.4, -0.2) is 62.7 Å². The van der Waals surface area contributed by atoms with Crippen molar-refractivity contribution in [3.05, 3.63) is 78.4 Å². The smallest absolute Gasteiger partial charge is 0.267 e. The second-order valence-electron chi connectivity index (χ2n) is 9.31. The highest BCUT2D eigenvalue weighted by atomic mass is 16.5. The number of ether oxygens (including phenoxy) is 3. The molecule has 0 aliphatic carbocycles. The van der Waals surface area contributed by atoms with Crippen LogP contribution in [-0.2, 0) is 4.79 Å². The minimum Gasteiger partial charge on any atom is -0.497 e. The predicted octanol–water partition coefficient (Wildman–Crippen LogP) is 4.46. The number of hydrogen-bond donors (Lipinski definition) is 1. The molecule has 8 nitrogen and oxygen atoms in total. The van der Waals surface area contributed by atoms with Crippen molar-refractivity contribution in [1.82, 2.24) is 4.90 Å². The van der Waals surface area contributed by atoms with Gasteiger partial charge in [0.15, 0.2) is 5.60 Å². The molecule has 194 valence electrons. The number of piperazine rings is 1. The summed E-state index contributed by atoms with van der Waals surface area (Å²) in [5.41, 5.74) is 1.24. The maximum absolute atomic E-state index is 13.1. The fraction of sp³-hybridized carbons (Fsp3) is 0.310. The van der Waals surface area contributed by atoms with Gasteiger partial charge in [-0.15, -0.1) is 0 Å². The van der Waals surface area contributed by atoms with Crippen LogP contribution in [0.2, 0.25) is 0 Å². The molecule has 0 atom stereocenters. The molecule has 1 aliphatic heterocycles. The quantitative estimate of drug-likeness (QED) is 0.489. The molecule has 2 amide bonds. The normalized spacial score (nSPS) is 13.6. The van der Waals surface area contributed by atoms with Gasteiger partial charge in [-0.05, 0) is 62.4 Å². The summed E-state index contributed by atoms with van der Waals surface area (Å²) in [5, 5.41) is 2.94. The Bertz CT molecular complexity index is 1200. The topological polar surface area (TPSA) is 80.3 Å². The van der Waals surface area contributed by atoms with E-state index in [2.05, 4.69) is 10.2 Å². The summed E-state index contributed by atoms with van der Waals surface area (Å²) < 4.78 is 16.5. The number of amides is 2. The van der Waals surface area contributed by atoms with E-state index in [1.807, 2.05) is 59.5 Å². The molecule has 1 N–H and O–H groups in total. The highest BCUT2D eigenvalue weighted by molar-refractivity contribution is 5.97. The van der Waals surface area contributed by atoms with Crippen LogP contribution >= 0.6 is 0 Å². The van der Waals surface area contributed by atoms with Crippen molar-refractivity contribution in [2.75, 3.05) is 50.6 Å². The molecule has 1 fully saturated rings. The van der Waals surface area contributed by atoms with Gasteiger partial charge in [0.05, 0.1) is 14.2 Å². The van der Waals surface area contributed by atoms with Gasteiger partial charge < -0.3 is 29.3 Å². The van der Waals surface area contributed by atoms with E-state index >= 15 is 0 Å². The van der Waals surface area contributed by atoms with E-state index in [1.165, 1.54) is 0 Å². The Morgan fingerprint density at radius 3 is 1.95 bits per heavy atom. The molecule has 1 aliphatic rings. The van der Waals surface area contributed by atoms with Gasteiger partial charge in [-0.25, -0.2) is 0 Å². The maximum atomic E-state index is 13.1. The molecule has 3 aromatic carbocycles. The fourth-order valence-corrected chi connectivity index (χ4v) is 4.15. The largest absolute Gasteiger partial charge is 0.497 e. The van der Waals surface area contributed by atoms with E-state index in [0.717, 1.165) is 5.69 Å². The third-order valence-corrected chi connectivity index (χ3v) is 6.32. The molecule has 1 saturated heterocycles. The summed E-state index contributed by atoms with van der Waals surface area (Å²) in [7, 11) is 3.13. The third-order valence-electron chi connectivity index (χ3n) is 6.32. The first-order chi connectivity index (χ1) is 17.8. The lowest BCUT2D eigenvalue weighted by atomic mass is 10.1. The standard InChI is InChI=1S/C29H33N3O5/c1-29(2,37-24-8-6-5-7-9-24)28(34)30-22-10-12-23(13-11-22)31-14-16-32(17-15-31)27(33)21-18-25(35-3)20-26(19-21)36-4/h5-13,18-20H,14-17H2,1-4H3,(H,30,34). The van der Waals surface area contributed by atoms with Crippen molar-refractivity contribution in [2.45, 2.75) is 19.4 Å². The lowest BCUT2D eigenvalue weighted by Crippen LogP contribution is -2.48. The van der Waals surface area contributed by atoms with E-state index in [9.17, 15) is 9.59 Å². The van der Waals surface area contributed by atoms with E-state index in [4.69, 9.17) is 14.2 Å². The highest BCUT2D eigenvalue weighted by Gasteiger charge is 2.30. The average Bonchev–Trinajstić information content (AvgIpc) is 2.93. The Balaban J connectivity index is 1.33. The lowest BCUT2D eigenvalue weighted by molar-refractivity contribution is -0.128. The second kappa shape index (κ2) is 11.2. The van der Waals surface area contributed by atoms with Gasteiger partial charge in [0.25, 0.3) is 11.8 Å². The zero-order valence-electron chi connectivity index (χ0n) is 21.7. The first-order valence-corrected chi connectivity index (χ1v) is 12.2. The lowest BCUT2D eigenvalue weighted by Gasteiger charge is -2.36. The molecule has 4 rings (SSSR count). The first kappa shape index (κ1) is 25.9. The molecule has 0 aromatic heterocycles. The van der Waals surface area contributed by atoms with Crippen molar-refractivity contribution in [3.63, 3.8) is 0 Å². The maximum Gasteiger partial charge on any atom is 0.267 e. The summed E-state index contributed by atoms with van der Waals surface area (Å²) in [5.74, 6) is 1.54. The number of para-hydroxylation sites is 1. The molecule has 0 bridgehead atoms. The number of nitrogens with one attached hydrogen (secondary N) is 1. The Morgan fingerprint density at radius 2 is 1.38 bits per heavy atom. The number of anilines is 2. The molecular formula is C29H33N3O5. The Kier molecular flexibility index (Phi) is 7.86. The molecule has 0 radical (unpaired) electrons. The summed E-state index contributed by atoms with van der Waals surface area (Å²) in [6.45, 7) is 6.09. The molecule has 0 unspecified atom stereocenters. The van der Waals surface area contributed by atoms with Crippen molar-refractivity contribution >= 4 is 23.2 Å². The number of hydrogen-bond acceptors (Lipinski definition) is 6. The number of benzene rings is 3. The summed E-state index contributed by atoms with van der Waals surface area (Å²) in [4.78, 5) is 30.0. The molecule has 0 saturated carbocycles. The Labute approximate surface area is 217 Å². The number of rotatable bonds is 8. The minimum atomic E-state index is -1.03. The highest BCUT2D eigenvalue weighted by Crippen LogP contribution is 2.25. The molecule has 3 aromatic rings. The number of nitrogens with zero attached hydrogens (tertiary/aromatic N) is 2. The van der Waals surface area contributed by atoms with Crippen molar-refractivity contribution in [2.24, 2.45) is 0 Å². The van der Waals surface area contributed by atoms with Crippen LogP contribution in [0.5, 0.6) is 17.2 Å². The zero-order valence-corrected chi connectivity index (χ0v) is 21.7. The molecule has 8 heteroatoms. The summed E-state index contributed by atoms with van der Waals surface area (Å²) in [6.07, 6.45) is 0. The van der Waals surface area contributed by atoms with Gasteiger partial charge in [0, 0.05) is 49.2 Å². The average molecular weight is 504 g/mol. The van der Waals surface area contributed by atoms with Crippen LogP contribution in [0.1, 0.15) is 24.2 Å². The van der Waals surface area contributed by atoms with E-state index in [0.29, 0.717) is 54.7 Å². The fourth-order valence-electron chi connectivity index (χ4n) is 4.15. The predicted molar refractivity (Wildman–Crippen MR) is 144 cm³/mol. The van der Waals surface area contributed by atoms with Gasteiger partial charge in [-0.1, -0.05) is 18.2 Å². The number of carbonyl (C=O) groups excluding carboxylic acids is 2. The molecule has 1 heterocycles. The minimum absolute atomic E-state index is 0.0461. The zero-order chi connectivity index (χ0) is 26.4. The van der Waals surface area contributed by atoms with E-state index < -0.39 is 5.60 Å². The van der Waals surface area contributed by atoms with Crippen LogP contribution in [0.3, 0.4) is 0 Å². The summed E-state index contributed by atoms with van der Waals surface area (Å²) >= 11 is 0. The van der Waals surface area contributed by atoms with Crippen LogP contribution < -0.4 is 24.4 Å². The molecule has 0 spiro atoms. The monoisotopic (exact) mass is 503 g/mol. The van der Waals surface area contributed by atoms with Gasteiger partial charge in [-0.3, -0.25) is 9.59 Å². The van der Waals surface area contributed by atoms with Crippen LogP contribution in [0.4, 0.5) is 11.4 Å². The summed E-state index contributed by atoms with van der Waals surface area (Å²) in [6, 6.07) is 22.2. The van der Waals surface area contributed by atoms with Crippen LogP contribution in [0, 0.1) is 0 Å². The number of carbonyl (C=O) groups is 2. The van der Waals surface area contributed by atoms with Crippen LogP contribution in [0.25, 0.3) is 0 Å². The van der Waals surface area contributed by atoms with E-state index in [-0.39, 0.29) is 11.8 Å². The van der Waals surface area contributed by atoms with Gasteiger partial charge >= 0.3 is 0 Å². The van der Waals surface area contributed by atoms with Gasteiger partial charge in [0.2, 0.25) is 0 Å². The Morgan fingerprint density at radius 1 is 0.784 bits per heavy atom. The van der Waals surface area contributed by atoms with Crippen molar-refractivity contribution in [3.8, 4) is 17.2 Å². The number of methoxy groups -OCH3 is 2. The molecule has 37 heavy (non-hydrogen) atoms. The Hall–Kier alpha value is -4.20. The van der Waals surface area contributed by atoms with Crippen LogP contribution in [0.15, 0.2) is 72.8 Å². The van der Waals surface area contributed by atoms with Crippen molar-refractivity contribution < 1.29 is 23.8 Å². The third kappa shape index (κ3) is 6.33. The van der Waals surface area contributed by atoms with Gasteiger partial charge in [0.1, 0.15) is 17.2 Å². The SMILES string of the molecule is COc1cc(OC)cc(C(=O)N2CCN(c3ccc(NC(=O)C(C)(C)Oc4ccccc4)cc3)CC2)c1. The first-order valence-electron chi connectivity index (χ1n) is 12.2. The van der Waals surface area contributed by atoms with Crippen molar-refractivity contribution in [1.29, 1.82) is 0 Å².